The maximum atomic E-state index is 12.7. The van der Waals surface area contributed by atoms with Crippen LogP contribution in [0.2, 0.25) is 0 Å². The van der Waals surface area contributed by atoms with E-state index in [-0.39, 0.29) is 17.5 Å². The topological polar surface area (TPSA) is 62.4 Å². The number of pyridine rings is 1. The molecule has 1 fully saturated rings. The normalized spacial score (nSPS) is 17.1. The quantitative estimate of drug-likeness (QED) is 0.939. The van der Waals surface area contributed by atoms with Crippen molar-refractivity contribution in [2.75, 3.05) is 13.7 Å². The van der Waals surface area contributed by atoms with Crippen molar-refractivity contribution in [2.45, 2.75) is 32.2 Å². The number of nitrogens with one attached hydrogen (secondary N) is 1. The van der Waals surface area contributed by atoms with Gasteiger partial charge in [0.05, 0.1) is 12.7 Å². The van der Waals surface area contributed by atoms with E-state index in [1.54, 1.807) is 13.2 Å². The van der Waals surface area contributed by atoms with Gasteiger partial charge in [-0.3, -0.25) is 9.59 Å². The number of rotatable bonds is 4. The number of aromatic amines is 1. The first-order chi connectivity index (χ1) is 11.6. The van der Waals surface area contributed by atoms with Gasteiger partial charge in [-0.15, -0.1) is 0 Å². The Morgan fingerprint density at radius 3 is 2.83 bits per heavy atom. The highest BCUT2D eigenvalue weighted by Crippen LogP contribution is 2.25. The van der Waals surface area contributed by atoms with E-state index in [9.17, 15) is 9.59 Å². The average molecular weight is 326 g/mol. The highest BCUT2D eigenvalue weighted by atomic mass is 16.5. The predicted molar refractivity (Wildman–Crippen MR) is 92.6 cm³/mol. The minimum atomic E-state index is -0.196. The summed E-state index contributed by atoms with van der Waals surface area (Å²) in [6, 6.07) is 9.34. The lowest BCUT2D eigenvalue weighted by Crippen LogP contribution is -2.37. The van der Waals surface area contributed by atoms with Gasteiger partial charge >= 0.3 is 0 Å². The largest absolute Gasteiger partial charge is 0.496 e. The Morgan fingerprint density at radius 2 is 2.17 bits per heavy atom. The maximum absolute atomic E-state index is 12.7. The van der Waals surface area contributed by atoms with E-state index in [1.165, 1.54) is 17.8 Å². The van der Waals surface area contributed by atoms with Crippen molar-refractivity contribution in [1.82, 2.24) is 9.88 Å². The van der Waals surface area contributed by atoms with E-state index in [1.807, 2.05) is 17.9 Å². The zero-order valence-corrected chi connectivity index (χ0v) is 14.0. The van der Waals surface area contributed by atoms with Crippen molar-refractivity contribution in [3.63, 3.8) is 0 Å². The van der Waals surface area contributed by atoms with Gasteiger partial charge in [0.1, 0.15) is 5.75 Å². The second kappa shape index (κ2) is 6.91. The van der Waals surface area contributed by atoms with Crippen LogP contribution in [0.3, 0.4) is 0 Å². The first-order valence-corrected chi connectivity index (χ1v) is 8.21. The van der Waals surface area contributed by atoms with Crippen LogP contribution in [-0.2, 0) is 6.42 Å². The molecule has 126 valence electrons. The molecule has 0 aliphatic carbocycles. The van der Waals surface area contributed by atoms with Crippen LogP contribution in [0.1, 0.15) is 34.3 Å². The van der Waals surface area contributed by atoms with Crippen molar-refractivity contribution in [3.05, 3.63) is 63.6 Å². The molecule has 1 amide bonds. The Hall–Kier alpha value is -2.56. The molecule has 0 spiro atoms. The lowest BCUT2D eigenvalue weighted by Gasteiger charge is -2.25. The molecule has 1 N–H and O–H groups in total. The van der Waals surface area contributed by atoms with Crippen LogP contribution >= 0.6 is 0 Å². The summed E-state index contributed by atoms with van der Waals surface area (Å²) in [6.45, 7) is 2.79. The molecule has 3 rings (SSSR count). The monoisotopic (exact) mass is 326 g/mol. The third-order valence-corrected chi connectivity index (χ3v) is 4.60. The van der Waals surface area contributed by atoms with Crippen LogP contribution in [0.25, 0.3) is 0 Å². The number of carbonyl (C=O) groups is 1. The lowest BCUT2D eigenvalue weighted by molar-refractivity contribution is 0.0736. The Bertz CT molecular complexity index is 777. The molecular weight excluding hydrogens is 304 g/mol. The molecule has 1 atom stereocenters. The van der Waals surface area contributed by atoms with Gasteiger partial charge in [0.2, 0.25) is 5.56 Å². The molecule has 5 heteroatoms. The summed E-state index contributed by atoms with van der Waals surface area (Å²) in [5, 5.41) is 0. The van der Waals surface area contributed by atoms with Gasteiger partial charge in [0.15, 0.2) is 0 Å². The zero-order valence-electron chi connectivity index (χ0n) is 14.0. The fourth-order valence-electron chi connectivity index (χ4n) is 3.36. The molecule has 2 heterocycles. The van der Waals surface area contributed by atoms with E-state index >= 15 is 0 Å². The second-order valence-electron chi connectivity index (χ2n) is 6.24. The number of nitrogens with zero attached hydrogens (tertiary/aromatic N) is 1. The molecule has 1 saturated heterocycles. The first-order valence-electron chi connectivity index (χ1n) is 8.21. The van der Waals surface area contributed by atoms with Crippen molar-refractivity contribution in [3.8, 4) is 5.75 Å². The predicted octanol–water partition coefficient (Wildman–Crippen LogP) is 2.54. The Labute approximate surface area is 141 Å². The number of amides is 1. The van der Waals surface area contributed by atoms with Gasteiger partial charge in [-0.1, -0.05) is 12.1 Å². The van der Waals surface area contributed by atoms with Crippen molar-refractivity contribution >= 4 is 5.91 Å². The summed E-state index contributed by atoms with van der Waals surface area (Å²) in [7, 11) is 1.67. The lowest BCUT2D eigenvalue weighted by atomic mass is 10.0. The number of benzene rings is 1. The first kappa shape index (κ1) is 16.3. The van der Waals surface area contributed by atoms with Gasteiger partial charge in [-0.05, 0) is 49.4 Å². The van der Waals surface area contributed by atoms with Gasteiger partial charge in [-0.25, -0.2) is 0 Å². The molecule has 1 aliphatic rings. The van der Waals surface area contributed by atoms with Gasteiger partial charge in [-0.2, -0.15) is 0 Å². The molecule has 0 bridgehead atoms. The number of likely N-dealkylation sites (tertiary alicyclic amines) is 1. The highest BCUT2D eigenvalue weighted by molar-refractivity contribution is 5.94. The van der Waals surface area contributed by atoms with E-state index in [0.717, 1.165) is 37.1 Å². The van der Waals surface area contributed by atoms with Crippen LogP contribution in [0.15, 0.2) is 41.3 Å². The molecule has 1 aromatic carbocycles. The number of aromatic nitrogens is 1. The standard InChI is InChI=1S/C19H22N2O3/c1-13-10-14(5-7-17(13)24-2)11-16-4-3-9-21(16)19(23)15-6-8-18(22)20-12-15/h5-8,10,12,16H,3-4,9,11H2,1-2H3,(H,20,22). The number of ether oxygens (including phenoxy) is 1. The zero-order chi connectivity index (χ0) is 17.1. The fourth-order valence-corrected chi connectivity index (χ4v) is 3.36. The van der Waals surface area contributed by atoms with E-state index in [0.29, 0.717) is 5.56 Å². The smallest absolute Gasteiger partial charge is 0.255 e. The van der Waals surface area contributed by atoms with Crippen molar-refractivity contribution in [2.24, 2.45) is 0 Å². The van der Waals surface area contributed by atoms with Crippen LogP contribution in [0.5, 0.6) is 5.75 Å². The highest BCUT2D eigenvalue weighted by Gasteiger charge is 2.29. The Morgan fingerprint density at radius 1 is 1.33 bits per heavy atom. The SMILES string of the molecule is COc1ccc(CC2CCCN2C(=O)c2ccc(=O)[nH]c2)cc1C. The van der Waals surface area contributed by atoms with Gasteiger partial charge in [0.25, 0.3) is 5.91 Å². The number of hydrogen-bond donors (Lipinski definition) is 1. The van der Waals surface area contributed by atoms with E-state index < -0.39 is 0 Å². The Balaban J connectivity index is 1.75. The third-order valence-electron chi connectivity index (χ3n) is 4.60. The van der Waals surface area contributed by atoms with Crippen molar-refractivity contribution in [1.29, 1.82) is 0 Å². The van der Waals surface area contributed by atoms with Crippen LogP contribution in [0.4, 0.5) is 0 Å². The molecule has 24 heavy (non-hydrogen) atoms. The number of methoxy groups -OCH3 is 1. The number of H-pyrrole nitrogens is 1. The van der Waals surface area contributed by atoms with Crippen LogP contribution < -0.4 is 10.3 Å². The van der Waals surface area contributed by atoms with Crippen molar-refractivity contribution < 1.29 is 9.53 Å². The Kier molecular flexibility index (Phi) is 4.69. The maximum Gasteiger partial charge on any atom is 0.255 e. The number of aryl methyl sites for hydroxylation is 1. The number of hydrogen-bond acceptors (Lipinski definition) is 3. The van der Waals surface area contributed by atoms with Gasteiger partial charge < -0.3 is 14.6 Å². The second-order valence-corrected chi connectivity index (χ2v) is 6.24. The van der Waals surface area contributed by atoms with Gasteiger partial charge in [0, 0.05) is 24.8 Å². The van der Waals surface area contributed by atoms with Crippen LogP contribution in [0, 0.1) is 6.92 Å². The minimum Gasteiger partial charge on any atom is -0.496 e. The summed E-state index contributed by atoms with van der Waals surface area (Å²) in [4.78, 5) is 28.4. The summed E-state index contributed by atoms with van der Waals surface area (Å²) >= 11 is 0. The summed E-state index contributed by atoms with van der Waals surface area (Å²) < 4.78 is 5.30. The average Bonchev–Trinajstić information content (AvgIpc) is 3.03. The molecule has 2 aromatic rings. The molecule has 1 aliphatic heterocycles. The molecule has 1 unspecified atom stereocenters. The number of carbonyl (C=O) groups excluding carboxylic acids is 1. The summed E-state index contributed by atoms with van der Waals surface area (Å²) in [5.74, 6) is 0.866. The third kappa shape index (κ3) is 3.35. The summed E-state index contributed by atoms with van der Waals surface area (Å²) in [6.07, 6.45) is 4.34. The molecular formula is C19H22N2O3. The van der Waals surface area contributed by atoms with E-state index in [4.69, 9.17) is 4.74 Å². The van der Waals surface area contributed by atoms with Crippen LogP contribution in [-0.4, -0.2) is 35.5 Å². The molecule has 0 radical (unpaired) electrons. The molecule has 1 aromatic heterocycles. The minimum absolute atomic E-state index is 0.0148. The fraction of sp³-hybridized carbons (Fsp3) is 0.368. The van der Waals surface area contributed by atoms with E-state index in [2.05, 4.69) is 17.1 Å². The molecule has 0 saturated carbocycles. The molecule has 5 nitrogen and oxygen atoms in total. The summed E-state index contributed by atoms with van der Waals surface area (Å²) in [5.41, 5.74) is 2.65.